The topological polar surface area (TPSA) is 33.7 Å². The second-order valence-electron chi connectivity index (χ2n) is 4.44. The molecule has 0 saturated carbocycles. The fraction of sp³-hybridized carbons (Fsp3) is 1.00. The normalized spacial score (nSPS) is 13.2. The fourth-order valence-corrected chi connectivity index (χ4v) is 1.82. The molecule has 1 atom stereocenters. The molecule has 0 aliphatic carbocycles. The summed E-state index contributed by atoms with van der Waals surface area (Å²) in [6.07, 6.45) is 2.38. The Morgan fingerprint density at radius 3 is 2.47 bits per heavy atom. The smallest absolute Gasteiger partial charge is 0.0615 e. The zero-order chi connectivity index (χ0) is 12.9. The van der Waals surface area contributed by atoms with E-state index < -0.39 is 0 Å². The van der Waals surface area contributed by atoms with Crippen LogP contribution in [0.3, 0.4) is 0 Å². The summed E-state index contributed by atoms with van der Waals surface area (Å²) < 4.78 is 10.4. The summed E-state index contributed by atoms with van der Waals surface area (Å²) in [5.74, 6) is 0. The minimum absolute atomic E-state index is 0.460. The Balaban J connectivity index is 3.75. The molecule has 0 aromatic carbocycles. The molecule has 0 aromatic heterocycles. The first-order valence-electron chi connectivity index (χ1n) is 6.68. The Morgan fingerprint density at radius 1 is 1.12 bits per heavy atom. The van der Waals surface area contributed by atoms with Crippen LogP contribution in [-0.4, -0.2) is 64.6 Å². The highest BCUT2D eigenvalue weighted by Gasteiger charge is 2.12. The molecule has 0 bridgehead atoms. The Kier molecular flexibility index (Phi) is 12.2. The standard InChI is InChI=1S/C13H30N2O2/c1-5-7-14-8-6-9-15(10-11-16-3)13(2)12-17-4/h13-14H,5-12H2,1-4H3. The molecule has 1 N–H and O–H groups in total. The van der Waals surface area contributed by atoms with Crippen LogP contribution in [0.25, 0.3) is 0 Å². The Morgan fingerprint density at radius 2 is 1.88 bits per heavy atom. The van der Waals surface area contributed by atoms with Gasteiger partial charge in [0, 0.05) is 26.8 Å². The number of rotatable bonds is 12. The van der Waals surface area contributed by atoms with E-state index in [1.807, 2.05) is 0 Å². The maximum atomic E-state index is 5.21. The van der Waals surface area contributed by atoms with Gasteiger partial charge in [0.1, 0.15) is 0 Å². The monoisotopic (exact) mass is 246 g/mol. The van der Waals surface area contributed by atoms with E-state index >= 15 is 0 Å². The molecule has 0 fully saturated rings. The molecule has 104 valence electrons. The van der Waals surface area contributed by atoms with Gasteiger partial charge in [-0.25, -0.2) is 0 Å². The number of nitrogens with one attached hydrogen (secondary N) is 1. The zero-order valence-electron chi connectivity index (χ0n) is 12.0. The molecule has 1 unspecified atom stereocenters. The highest BCUT2D eigenvalue weighted by atomic mass is 16.5. The molecule has 0 aliphatic rings. The summed E-state index contributed by atoms with van der Waals surface area (Å²) in [5, 5.41) is 3.43. The van der Waals surface area contributed by atoms with E-state index in [0.29, 0.717) is 6.04 Å². The third-order valence-electron chi connectivity index (χ3n) is 2.84. The molecule has 17 heavy (non-hydrogen) atoms. The lowest BCUT2D eigenvalue weighted by atomic mass is 10.2. The van der Waals surface area contributed by atoms with Crippen LogP contribution in [0.2, 0.25) is 0 Å². The molecule has 4 heteroatoms. The Hall–Kier alpha value is -0.160. The van der Waals surface area contributed by atoms with Crippen molar-refractivity contribution in [2.24, 2.45) is 0 Å². The van der Waals surface area contributed by atoms with Gasteiger partial charge in [0.15, 0.2) is 0 Å². The molecular formula is C13H30N2O2. The number of methoxy groups -OCH3 is 2. The fourth-order valence-electron chi connectivity index (χ4n) is 1.82. The second-order valence-corrected chi connectivity index (χ2v) is 4.44. The maximum absolute atomic E-state index is 5.21. The summed E-state index contributed by atoms with van der Waals surface area (Å²) in [7, 11) is 3.51. The van der Waals surface area contributed by atoms with Gasteiger partial charge in [-0.1, -0.05) is 6.92 Å². The van der Waals surface area contributed by atoms with Crippen LogP contribution in [0.15, 0.2) is 0 Å². The van der Waals surface area contributed by atoms with Crippen molar-refractivity contribution in [3.8, 4) is 0 Å². The highest BCUT2D eigenvalue weighted by molar-refractivity contribution is 4.67. The molecule has 4 nitrogen and oxygen atoms in total. The lowest BCUT2D eigenvalue weighted by Crippen LogP contribution is -2.40. The molecule has 0 aliphatic heterocycles. The van der Waals surface area contributed by atoms with Crippen LogP contribution in [0.1, 0.15) is 26.7 Å². The van der Waals surface area contributed by atoms with Crippen molar-refractivity contribution in [3.05, 3.63) is 0 Å². The minimum Gasteiger partial charge on any atom is -0.383 e. The molecule has 0 amide bonds. The number of hydrogen-bond donors (Lipinski definition) is 1. The van der Waals surface area contributed by atoms with Gasteiger partial charge in [-0.3, -0.25) is 4.90 Å². The molecule has 0 spiro atoms. The average Bonchev–Trinajstić information content (AvgIpc) is 2.33. The molecular weight excluding hydrogens is 216 g/mol. The van der Waals surface area contributed by atoms with Crippen molar-refractivity contribution in [1.29, 1.82) is 0 Å². The van der Waals surface area contributed by atoms with Crippen molar-refractivity contribution in [2.45, 2.75) is 32.7 Å². The van der Waals surface area contributed by atoms with Crippen LogP contribution in [0.4, 0.5) is 0 Å². The predicted molar refractivity (Wildman–Crippen MR) is 72.6 cm³/mol. The van der Waals surface area contributed by atoms with Crippen LogP contribution in [0.5, 0.6) is 0 Å². The van der Waals surface area contributed by atoms with Crippen molar-refractivity contribution in [2.75, 3.05) is 53.6 Å². The van der Waals surface area contributed by atoms with E-state index in [9.17, 15) is 0 Å². The lowest BCUT2D eigenvalue weighted by molar-refractivity contribution is 0.0744. The van der Waals surface area contributed by atoms with Crippen molar-refractivity contribution < 1.29 is 9.47 Å². The zero-order valence-corrected chi connectivity index (χ0v) is 12.0. The summed E-state index contributed by atoms with van der Waals surface area (Å²) in [4.78, 5) is 2.43. The minimum atomic E-state index is 0.460. The van der Waals surface area contributed by atoms with E-state index in [1.165, 1.54) is 12.8 Å². The quantitative estimate of drug-likeness (QED) is 0.527. The SMILES string of the molecule is CCCNCCCN(CCOC)C(C)COC. The van der Waals surface area contributed by atoms with Crippen LogP contribution in [-0.2, 0) is 9.47 Å². The van der Waals surface area contributed by atoms with Gasteiger partial charge in [0.25, 0.3) is 0 Å². The summed E-state index contributed by atoms with van der Waals surface area (Å²) in [6, 6.07) is 0.460. The van der Waals surface area contributed by atoms with Crippen LogP contribution in [0, 0.1) is 0 Å². The predicted octanol–water partition coefficient (Wildman–Crippen LogP) is 1.36. The van der Waals surface area contributed by atoms with Gasteiger partial charge >= 0.3 is 0 Å². The first-order valence-corrected chi connectivity index (χ1v) is 6.68. The molecule has 0 saturated heterocycles. The van der Waals surface area contributed by atoms with Crippen LogP contribution < -0.4 is 5.32 Å². The van der Waals surface area contributed by atoms with E-state index in [4.69, 9.17) is 9.47 Å². The molecule has 0 aromatic rings. The molecule has 0 rings (SSSR count). The Bertz CT molecular complexity index is 156. The van der Waals surface area contributed by atoms with Gasteiger partial charge < -0.3 is 14.8 Å². The third-order valence-corrected chi connectivity index (χ3v) is 2.84. The highest BCUT2D eigenvalue weighted by Crippen LogP contribution is 2.01. The first-order chi connectivity index (χ1) is 8.26. The number of ether oxygens (including phenoxy) is 2. The van der Waals surface area contributed by atoms with Gasteiger partial charge in [-0.15, -0.1) is 0 Å². The van der Waals surface area contributed by atoms with Crippen LogP contribution >= 0.6 is 0 Å². The van der Waals surface area contributed by atoms with E-state index in [1.54, 1.807) is 14.2 Å². The van der Waals surface area contributed by atoms with Crippen molar-refractivity contribution in [3.63, 3.8) is 0 Å². The third kappa shape index (κ3) is 9.53. The average molecular weight is 246 g/mol. The summed E-state index contributed by atoms with van der Waals surface area (Å²) in [5.41, 5.74) is 0. The van der Waals surface area contributed by atoms with E-state index in [0.717, 1.165) is 39.4 Å². The number of hydrogen-bond acceptors (Lipinski definition) is 4. The van der Waals surface area contributed by atoms with E-state index in [-0.39, 0.29) is 0 Å². The summed E-state index contributed by atoms with van der Waals surface area (Å²) >= 11 is 0. The van der Waals surface area contributed by atoms with Gasteiger partial charge in [-0.2, -0.15) is 0 Å². The lowest BCUT2D eigenvalue weighted by Gasteiger charge is -2.28. The molecule has 0 radical (unpaired) electrons. The van der Waals surface area contributed by atoms with Crippen molar-refractivity contribution >= 4 is 0 Å². The Labute approximate surface area is 107 Å². The largest absolute Gasteiger partial charge is 0.383 e. The van der Waals surface area contributed by atoms with Gasteiger partial charge in [0.2, 0.25) is 0 Å². The summed E-state index contributed by atoms with van der Waals surface area (Å²) in [6.45, 7) is 10.3. The van der Waals surface area contributed by atoms with Crippen molar-refractivity contribution in [1.82, 2.24) is 10.2 Å². The molecule has 0 heterocycles. The second kappa shape index (κ2) is 12.3. The van der Waals surface area contributed by atoms with Gasteiger partial charge in [0.05, 0.1) is 13.2 Å². The number of nitrogens with zero attached hydrogens (tertiary/aromatic N) is 1. The maximum Gasteiger partial charge on any atom is 0.0615 e. The first kappa shape index (κ1) is 16.8. The van der Waals surface area contributed by atoms with Gasteiger partial charge in [-0.05, 0) is 39.4 Å². The van der Waals surface area contributed by atoms with E-state index in [2.05, 4.69) is 24.1 Å².